The van der Waals surface area contributed by atoms with Crippen molar-refractivity contribution in [2.45, 2.75) is 6.54 Å². The fourth-order valence-corrected chi connectivity index (χ4v) is 2.64. The highest BCUT2D eigenvalue weighted by Gasteiger charge is 2.24. The number of fused-ring (bicyclic) bond motifs is 1. The van der Waals surface area contributed by atoms with Gasteiger partial charge in [-0.3, -0.25) is 0 Å². The lowest BCUT2D eigenvalue weighted by molar-refractivity contribution is -0.562. The molecule has 0 aliphatic rings. The first-order valence-corrected chi connectivity index (χ1v) is 6.62. The van der Waals surface area contributed by atoms with Crippen LogP contribution in [0.5, 0.6) is 0 Å². The zero-order valence-electron chi connectivity index (χ0n) is 11.0. The van der Waals surface area contributed by atoms with E-state index in [1.807, 2.05) is 18.2 Å². The first-order valence-electron chi connectivity index (χ1n) is 6.24. The number of hydrogen-bond donors (Lipinski definition) is 2. The van der Waals surface area contributed by atoms with Crippen molar-refractivity contribution in [1.82, 2.24) is 9.61 Å². The molecule has 0 unspecified atom stereocenters. The largest absolute Gasteiger partial charge is 0.351 e. The zero-order valence-corrected chi connectivity index (χ0v) is 11.7. The molecule has 104 valence electrons. The summed E-state index contributed by atoms with van der Waals surface area (Å²) in [7, 11) is 0. The minimum Gasteiger partial charge on any atom is -0.326 e. The van der Waals surface area contributed by atoms with Gasteiger partial charge < -0.3 is 11.5 Å². The Morgan fingerprint density at radius 2 is 2.10 bits per heavy atom. The lowest BCUT2D eigenvalue weighted by Gasteiger charge is -2.12. The van der Waals surface area contributed by atoms with Gasteiger partial charge in [-0.05, 0) is 17.4 Å². The van der Waals surface area contributed by atoms with E-state index >= 15 is 0 Å². The minimum absolute atomic E-state index is 0.199. The topological polar surface area (TPSA) is 97.0 Å². The van der Waals surface area contributed by atoms with Gasteiger partial charge in [0.05, 0.1) is 11.2 Å². The average Bonchev–Trinajstić information content (AvgIpc) is 2.97. The van der Waals surface area contributed by atoms with Crippen molar-refractivity contribution >= 4 is 23.1 Å². The molecule has 0 saturated heterocycles. The number of benzene rings is 1. The normalized spacial score (nSPS) is 10.7. The third-order valence-electron chi connectivity index (χ3n) is 3.34. The molecule has 2 aromatic heterocycles. The van der Waals surface area contributed by atoms with Crippen molar-refractivity contribution in [1.29, 1.82) is 5.26 Å². The molecular weight excluding hydrogens is 288 g/mol. The second-order valence-electron chi connectivity index (χ2n) is 4.43. The summed E-state index contributed by atoms with van der Waals surface area (Å²) in [6, 6.07) is 9.07. The predicted octanol–water partition coefficient (Wildman–Crippen LogP) is 1.31. The third-order valence-corrected chi connectivity index (χ3v) is 3.67. The van der Waals surface area contributed by atoms with E-state index in [0.29, 0.717) is 16.3 Å². The summed E-state index contributed by atoms with van der Waals surface area (Å²) >= 11 is 6.27. The van der Waals surface area contributed by atoms with Crippen molar-refractivity contribution in [2.75, 3.05) is 5.73 Å². The Balaban J connectivity index is 2.52. The van der Waals surface area contributed by atoms with Gasteiger partial charge in [-0.1, -0.05) is 29.8 Å². The van der Waals surface area contributed by atoms with Gasteiger partial charge in [-0.2, -0.15) is 0 Å². The molecule has 0 amide bonds. The van der Waals surface area contributed by atoms with Gasteiger partial charge in [0.25, 0.3) is 0 Å². The van der Waals surface area contributed by atoms with E-state index in [1.165, 1.54) is 9.08 Å². The van der Waals surface area contributed by atoms with Crippen LogP contribution in [0.3, 0.4) is 0 Å². The predicted molar refractivity (Wildman–Crippen MR) is 79.1 cm³/mol. The number of nitrogens with zero attached hydrogens (tertiary/aromatic N) is 4. The summed E-state index contributed by atoms with van der Waals surface area (Å²) < 4.78 is 2.79. The summed E-state index contributed by atoms with van der Waals surface area (Å²) in [5.41, 5.74) is 14.8. The van der Waals surface area contributed by atoms with Gasteiger partial charge in [-0.15, -0.1) is 14.2 Å². The molecule has 4 N–H and O–H groups in total. The van der Waals surface area contributed by atoms with Gasteiger partial charge in [0.15, 0.2) is 0 Å². The number of anilines is 1. The Labute approximate surface area is 125 Å². The van der Waals surface area contributed by atoms with Crippen molar-refractivity contribution < 1.29 is 4.57 Å². The Morgan fingerprint density at radius 1 is 1.33 bits per heavy atom. The highest BCUT2D eigenvalue weighted by Crippen LogP contribution is 2.30. The lowest BCUT2D eigenvalue weighted by atomic mass is 10.0. The van der Waals surface area contributed by atoms with Gasteiger partial charge in [0.2, 0.25) is 0 Å². The molecule has 0 atom stereocenters. The Morgan fingerprint density at radius 3 is 2.76 bits per heavy atom. The summed E-state index contributed by atoms with van der Waals surface area (Å²) in [6.07, 6.45) is 3.68. The van der Waals surface area contributed by atoms with Crippen molar-refractivity contribution in [2.24, 2.45) is 5.73 Å². The van der Waals surface area contributed by atoms with Crippen LogP contribution >= 0.6 is 11.6 Å². The van der Waals surface area contributed by atoms with Crippen LogP contribution in [0.25, 0.3) is 16.8 Å². The summed E-state index contributed by atoms with van der Waals surface area (Å²) in [6.45, 7) is 0.234. The summed E-state index contributed by atoms with van der Waals surface area (Å²) in [4.78, 5) is 0. The van der Waals surface area contributed by atoms with E-state index in [1.54, 1.807) is 18.3 Å². The average molecular weight is 300 g/mol. The fraction of sp³-hybridized carbons (Fsp3) is 0.0714. The number of aromatic nitrogens is 3. The van der Waals surface area contributed by atoms with Gasteiger partial charge in [0, 0.05) is 17.7 Å². The van der Waals surface area contributed by atoms with Crippen LogP contribution in [0.1, 0.15) is 5.56 Å². The Kier molecular flexibility index (Phi) is 3.22. The summed E-state index contributed by atoms with van der Waals surface area (Å²) in [5, 5.41) is 14.1. The highest BCUT2D eigenvalue weighted by molar-refractivity contribution is 6.33. The molecule has 6 nitrogen and oxygen atoms in total. The molecule has 0 spiro atoms. The SMILES string of the molecule is N#C[n+]1c(-c2ccccc2Cl)c(CN)c2ccnn2c1N. The van der Waals surface area contributed by atoms with Crippen molar-refractivity contribution in [3.63, 3.8) is 0 Å². The van der Waals surface area contributed by atoms with Crippen molar-refractivity contribution in [3.8, 4) is 17.5 Å². The third kappa shape index (κ3) is 1.91. The van der Waals surface area contributed by atoms with E-state index < -0.39 is 0 Å². The molecule has 7 heteroatoms. The Hall–Kier alpha value is -2.62. The standard InChI is InChI=1S/C14H11ClN6/c15-11-4-2-1-3-9(11)13-10(7-16)12-5-6-19-21(12)14(18)20(13)8-17/h1-6,18H,7,16H2/p+1. The molecule has 3 rings (SSSR count). The molecule has 21 heavy (non-hydrogen) atoms. The summed E-state index contributed by atoms with van der Waals surface area (Å²) in [5.74, 6) is 0.199. The number of halogens is 1. The first kappa shape index (κ1) is 13.4. The molecule has 0 bridgehead atoms. The second kappa shape index (κ2) is 5.05. The first-order chi connectivity index (χ1) is 10.2. The molecule has 0 fully saturated rings. The van der Waals surface area contributed by atoms with Crippen LogP contribution in [0.4, 0.5) is 5.95 Å². The molecule has 2 heterocycles. The molecule has 1 aromatic carbocycles. The maximum atomic E-state index is 9.48. The molecule has 3 aromatic rings. The molecule has 0 aliphatic heterocycles. The van der Waals surface area contributed by atoms with E-state index in [-0.39, 0.29) is 12.5 Å². The quantitative estimate of drug-likeness (QED) is 0.697. The lowest BCUT2D eigenvalue weighted by Crippen LogP contribution is -2.39. The number of nitrogens with two attached hydrogens (primary N) is 2. The van der Waals surface area contributed by atoms with E-state index in [2.05, 4.69) is 11.3 Å². The van der Waals surface area contributed by atoms with Crippen LogP contribution in [-0.2, 0) is 6.54 Å². The van der Waals surface area contributed by atoms with Crippen LogP contribution in [0.2, 0.25) is 5.02 Å². The number of nitriles is 1. The maximum absolute atomic E-state index is 9.48. The van der Waals surface area contributed by atoms with E-state index in [0.717, 1.165) is 11.1 Å². The maximum Gasteiger partial charge on any atom is 0.351 e. The van der Waals surface area contributed by atoms with Crippen LogP contribution in [-0.4, -0.2) is 9.61 Å². The number of rotatable bonds is 2. The molecule has 0 saturated carbocycles. The molecule has 0 aliphatic carbocycles. The monoisotopic (exact) mass is 299 g/mol. The van der Waals surface area contributed by atoms with Gasteiger partial charge in [-0.25, -0.2) is 0 Å². The van der Waals surface area contributed by atoms with Gasteiger partial charge in [0.1, 0.15) is 11.2 Å². The van der Waals surface area contributed by atoms with Crippen LogP contribution in [0, 0.1) is 11.5 Å². The van der Waals surface area contributed by atoms with E-state index in [9.17, 15) is 5.26 Å². The molecule has 0 radical (unpaired) electrons. The zero-order chi connectivity index (χ0) is 15.0. The van der Waals surface area contributed by atoms with Crippen molar-refractivity contribution in [3.05, 3.63) is 47.1 Å². The smallest absolute Gasteiger partial charge is 0.326 e. The van der Waals surface area contributed by atoms with E-state index in [4.69, 9.17) is 23.1 Å². The second-order valence-corrected chi connectivity index (χ2v) is 4.84. The number of nitrogen functional groups attached to an aromatic ring is 1. The fourth-order valence-electron chi connectivity index (χ4n) is 2.42. The van der Waals surface area contributed by atoms with Crippen LogP contribution in [0.15, 0.2) is 36.5 Å². The van der Waals surface area contributed by atoms with Gasteiger partial charge >= 0.3 is 12.1 Å². The molecular formula is C14H12ClN6+. The highest BCUT2D eigenvalue weighted by atomic mass is 35.5. The number of hydrogen-bond acceptors (Lipinski definition) is 4. The minimum atomic E-state index is 0.199. The van der Waals surface area contributed by atoms with Crippen LogP contribution < -0.4 is 16.0 Å². The Bertz CT molecular complexity index is 877.